The lowest BCUT2D eigenvalue weighted by Crippen LogP contribution is -2.37. The fraction of sp³-hybridized carbons (Fsp3) is 0.438. The molecule has 0 aliphatic heterocycles. The molecule has 1 aliphatic rings. The van der Waals surface area contributed by atoms with E-state index < -0.39 is 0 Å². The molecule has 5 heteroatoms. The van der Waals surface area contributed by atoms with E-state index >= 15 is 0 Å². The van der Waals surface area contributed by atoms with E-state index in [9.17, 15) is 4.79 Å². The van der Waals surface area contributed by atoms with E-state index in [0.717, 1.165) is 10.2 Å². The number of carbonyl (C=O) groups is 1. The summed E-state index contributed by atoms with van der Waals surface area (Å²) in [4.78, 5) is 16.1. The topological polar surface area (TPSA) is 25.2 Å². The van der Waals surface area contributed by atoms with Gasteiger partial charge in [0.1, 0.15) is 5.69 Å². The van der Waals surface area contributed by atoms with Gasteiger partial charge in [-0.1, -0.05) is 6.07 Å². The summed E-state index contributed by atoms with van der Waals surface area (Å²) in [6, 6.07) is 6.76. The Morgan fingerprint density at radius 2 is 2.29 bits per heavy atom. The van der Waals surface area contributed by atoms with Crippen LogP contribution in [0, 0.1) is 0 Å². The van der Waals surface area contributed by atoms with E-state index in [-0.39, 0.29) is 11.9 Å². The Balaban J connectivity index is 1.87. The molecule has 0 unspecified atom stereocenters. The number of amides is 1. The smallest absolute Gasteiger partial charge is 0.271 e. The van der Waals surface area contributed by atoms with E-state index in [4.69, 9.17) is 0 Å². The first-order valence-corrected chi connectivity index (χ1v) is 8.94. The molecule has 1 amide bonds. The summed E-state index contributed by atoms with van der Waals surface area (Å²) in [6.45, 7) is 4.83. The summed E-state index contributed by atoms with van der Waals surface area (Å²) in [7, 11) is 0. The third-order valence-electron chi connectivity index (χ3n) is 3.77. The Bertz CT molecular complexity index is 629. The highest BCUT2D eigenvalue weighted by atomic mass is 79.9. The Morgan fingerprint density at radius 1 is 1.52 bits per heavy atom. The molecular formula is C16H19BrN2OS. The zero-order valence-corrected chi connectivity index (χ0v) is 14.7. The first-order chi connectivity index (χ1) is 10.1. The molecule has 21 heavy (non-hydrogen) atoms. The predicted octanol–water partition coefficient (Wildman–Crippen LogP) is 4.70. The molecule has 3 rings (SSSR count). The first kappa shape index (κ1) is 14.9. The molecule has 2 aromatic rings. The Labute approximate surface area is 137 Å². The number of nitrogens with zero attached hydrogens (tertiary/aromatic N) is 2. The summed E-state index contributed by atoms with van der Waals surface area (Å²) >= 11 is 5.20. The second-order valence-electron chi connectivity index (χ2n) is 5.79. The van der Waals surface area contributed by atoms with Crippen LogP contribution in [0.5, 0.6) is 0 Å². The third-order valence-corrected chi connectivity index (χ3v) is 5.06. The zero-order chi connectivity index (χ0) is 15.0. The second-order valence-corrected chi connectivity index (χ2v) is 7.74. The SMILES string of the molecule is CC(C)N(Cc1cccs1)C(=O)c1cc(Br)cn1C1CC1. The van der Waals surface area contributed by atoms with Crippen LogP contribution in [0.1, 0.15) is 48.1 Å². The molecule has 0 aromatic carbocycles. The van der Waals surface area contributed by atoms with Crippen LogP contribution in [0.4, 0.5) is 0 Å². The maximum atomic E-state index is 13.0. The van der Waals surface area contributed by atoms with Gasteiger partial charge in [0.05, 0.1) is 6.54 Å². The van der Waals surface area contributed by atoms with Crippen molar-refractivity contribution in [1.82, 2.24) is 9.47 Å². The lowest BCUT2D eigenvalue weighted by atomic mass is 10.2. The van der Waals surface area contributed by atoms with Crippen molar-refractivity contribution < 1.29 is 4.79 Å². The van der Waals surface area contributed by atoms with Crippen molar-refractivity contribution in [3.05, 3.63) is 44.8 Å². The molecule has 2 heterocycles. The molecule has 3 nitrogen and oxygen atoms in total. The normalized spacial score (nSPS) is 14.7. The van der Waals surface area contributed by atoms with Crippen LogP contribution < -0.4 is 0 Å². The minimum atomic E-state index is 0.121. The molecule has 2 aromatic heterocycles. The molecule has 0 atom stereocenters. The Hall–Kier alpha value is -1.07. The molecule has 1 saturated carbocycles. The third kappa shape index (κ3) is 3.24. The summed E-state index contributed by atoms with van der Waals surface area (Å²) in [6.07, 6.45) is 4.39. The fourth-order valence-corrected chi connectivity index (χ4v) is 3.62. The van der Waals surface area contributed by atoms with Gasteiger partial charge in [0.15, 0.2) is 0 Å². The van der Waals surface area contributed by atoms with Gasteiger partial charge in [-0.15, -0.1) is 11.3 Å². The van der Waals surface area contributed by atoms with Gasteiger partial charge < -0.3 is 9.47 Å². The lowest BCUT2D eigenvalue weighted by molar-refractivity contribution is 0.0681. The highest BCUT2D eigenvalue weighted by Crippen LogP contribution is 2.38. The van der Waals surface area contributed by atoms with E-state index in [1.54, 1.807) is 11.3 Å². The number of halogens is 1. The van der Waals surface area contributed by atoms with Crippen molar-refractivity contribution in [2.24, 2.45) is 0 Å². The number of thiophene rings is 1. The van der Waals surface area contributed by atoms with Gasteiger partial charge in [-0.25, -0.2) is 0 Å². The minimum Gasteiger partial charge on any atom is -0.339 e. The average molecular weight is 367 g/mol. The van der Waals surface area contributed by atoms with Gasteiger partial charge >= 0.3 is 0 Å². The van der Waals surface area contributed by atoms with Crippen molar-refractivity contribution in [2.75, 3.05) is 0 Å². The number of hydrogen-bond acceptors (Lipinski definition) is 2. The first-order valence-electron chi connectivity index (χ1n) is 7.27. The summed E-state index contributed by atoms with van der Waals surface area (Å²) < 4.78 is 3.12. The maximum absolute atomic E-state index is 13.0. The Morgan fingerprint density at radius 3 is 2.86 bits per heavy atom. The molecule has 0 saturated heterocycles. The molecule has 1 fully saturated rings. The lowest BCUT2D eigenvalue weighted by Gasteiger charge is -2.26. The molecule has 0 spiro atoms. The highest BCUT2D eigenvalue weighted by molar-refractivity contribution is 9.10. The number of carbonyl (C=O) groups excluding carboxylic acids is 1. The van der Waals surface area contributed by atoms with Crippen LogP contribution in [0.25, 0.3) is 0 Å². The quantitative estimate of drug-likeness (QED) is 0.752. The monoisotopic (exact) mass is 366 g/mol. The van der Waals surface area contributed by atoms with Crippen molar-refractivity contribution in [3.63, 3.8) is 0 Å². The number of rotatable bonds is 5. The summed E-state index contributed by atoms with van der Waals surface area (Å²) in [5.41, 5.74) is 0.801. The standard InChI is InChI=1S/C16H19BrN2OS/c1-11(2)18(10-14-4-3-7-21-14)16(20)15-8-12(17)9-19(15)13-5-6-13/h3-4,7-9,11,13H,5-6,10H2,1-2H3. The molecule has 112 valence electrons. The average Bonchev–Trinajstić information content (AvgIpc) is 3.01. The van der Waals surface area contributed by atoms with Crippen molar-refractivity contribution >= 4 is 33.2 Å². The number of aromatic nitrogens is 1. The van der Waals surface area contributed by atoms with Crippen molar-refractivity contribution in [2.45, 2.75) is 45.3 Å². The largest absolute Gasteiger partial charge is 0.339 e. The van der Waals surface area contributed by atoms with Crippen molar-refractivity contribution in [1.29, 1.82) is 0 Å². The van der Waals surface area contributed by atoms with E-state index in [1.807, 2.05) is 23.2 Å². The molecular weight excluding hydrogens is 348 g/mol. The van der Waals surface area contributed by atoms with Crippen LogP contribution in [0.3, 0.4) is 0 Å². The van der Waals surface area contributed by atoms with Crippen LogP contribution >= 0.6 is 27.3 Å². The van der Waals surface area contributed by atoms with E-state index in [1.165, 1.54) is 17.7 Å². The van der Waals surface area contributed by atoms with Crippen LogP contribution in [0.15, 0.2) is 34.2 Å². The Kier molecular flexibility index (Phi) is 4.22. The zero-order valence-electron chi connectivity index (χ0n) is 12.3. The van der Waals surface area contributed by atoms with Gasteiger partial charge in [0.2, 0.25) is 0 Å². The molecule has 0 N–H and O–H groups in total. The second kappa shape index (κ2) is 5.97. The van der Waals surface area contributed by atoms with Gasteiger partial charge in [-0.3, -0.25) is 4.79 Å². The summed E-state index contributed by atoms with van der Waals surface area (Å²) in [5.74, 6) is 0.121. The molecule has 0 radical (unpaired) electrons. The van der Waals surface area contributed by atoms with Crippen LogP contribution in [-0.4, -0.2) is 21.4 Å². The van der Waals surface area contributed by atoms with E-state index in [2.05, 4.69) is 45.8 Å². The molecule has 0 bridgehead atoms. The van der Waals surface area contributed by atoms with Gasteiger partial charge in [-0.2, -0.15) is 0 Å². The maximum Gasteiger partial charge on any atom is 0.271 e. The molecule has 1 aliphatic carbocycles. The van der Waals surface area contributed by atoms with Crippen LogP contribution in [0.2, 0.25) is 0 Å². The fourth-order valence-electron chi connectivity index (χ4n) is 2.48. The van der Waals surface area contributed by atoms with Gasteiger partial charge in [0, 0.05) is 27.6 Å². The van der Waals surface area contributed by atoms with Crippen molar-refractivity contribution in [3.8, 4) is 0 Å². The predicted molar refractivity (Wildman–Crippen MR) is 89.7 cm³/mol. The van der Waals surface area contributed by atoms with Crippen LogP contribution in [-0.2, 0) is 6.54 Å². The highest BCUT2D eigenvalue weighted by Gasteiger charge is 2.30. The van der Waals surface area contributed by atoms with Gasteiger partial charge in [0.25, 0.3) is 5.91 Å². The summed E-state index contributed by atoms with van der Waals surface area (Å²) in [5, 5.41) is 2.06. The number of hydrogen-bond donors (Lipinski definition) is 0. The van der Waals surface area contributed by atoms with Gasteiger partial charge in [-0.05, 0) is 60.1 Å². The van der Waals surface area contributed by atoms with E-state index in [0.29, 0.717) is 12.6 Å². The minimum absolute atomic E-state index is 0.121.